The van der Waals surface area contributed by atoms with Crippen LogP contribution in [0.1, 0.15) is 52.8 Å². The van der Waals surface area contributed by atoms with Crippen LogP contribution in [-0.2, 0) is 0 Å². The van der Waals surface area contributed by atoms with Crippen LogP contribution in [0, 0.1) is 0 Å². The van der Waals surface area contributed by atoms with Gasteiger partial charge in [-0.2, -0.15) is 0 Å². The van der Waals surface area contributed by atoms with Crippen LogP contribution in [0.2, 0.25) is 5.02 Å². The summed E-state index contributed by atoms with van der Waals surface area (Å²) >= 11 is 7.48. The first-order chi connectivity index (χ1) is 10.0. The Balaban J connectivity index is 1.69. The molecule has 0 bridgehead atoms. The van der Waals surface area contributed by atoms with Crippen molar-refractivity contribution in [3.63, 3.8) is 0 Å². The fourth-order valence-electron chi connectivity index (χ4n) is 2.02. The van der Waals surface area contributed by atoms with E-state index >= 15 is 0 Å². The van der Waals surface area contributed by atoms with E-state index in [-0.39, 0.29) is 22.7 Å². The smallest absolute Gasteiger partial charge is 0.251 e. The molecular formula is C15H15ClN2O2S. The topological polar surface area (TPSA) is 62.2 Å². The van der Waals surface area contributed by atoms with Crippen molar-refractivity contribution >= 4 is 28.8 Å². The van der Waals surface area contributed by atoms with E-state index in [9.17, 15) is 9.90 Å². The Morgan fingerprint density at radius 3 is 2.95 bits per heavy atom. The zero-order chi connectivity index (χ0) is 15.0. The Bertz CT molecular complexity index is 682. The molecule has 21 heavy (non-hydrogen) atoms. The number of hydrogen-bond acceptors (Lipinski definition) is 4. The number of thiazole rings is 1. The minimum absolute atomic E-state index is 0.0326. The van der Waals surface area contributed by atoms with E-state index in [2.05, 4.69) is 10.3 Å². The van der Waals surface area contributed by atoms with Crippen molar-refractivity contribution < 1.29 is 9.90 Å². The summed E-state index contributed by atoms with van der Waals surface area (Å²) in [4.78, 5) is 16.8. The number of phenols is 1. The second kappa shape index (κ2) is 5.66. The Morgan fingerprint density at radius 1 is 1.52 bits per heavy atom. The zero-order valence-corrected chi connectivity index (χ0v) is 13.0. The van der Waals surface area contributed by atoms with Crippen LogP contribution in [0.15, 0.2) is 23.6 Å². The minimum Gasteiger partial charge on any atom is -0.506 e. The molecule has 1 aliphatic rings. The Hall–Kier alpha value is -1.59. The van der Waals surface area contributed by atoms with Gasteiger partial charge in [0.1, 0.15) is 5.75 Å². The summed E-state index contributed by atoms with van der Waals surface area (Å²) in [5, 5.41) is 15.6. The summed E-state index contributed by atoms with van der Waals surface area (Å²) in [5.74, 6) is 0.364. The lowest BCUT2D eigenvalue weighted by atomic mass is 10.2. The molecule has 1 aliphatic carbocycles. The van der Waals surface area contributed by atoms with E-state index in [1.54, 1.807) is 17.4 Å². The molecule has 0 saturated heterocycles. The van der Waals surface area contributed by atoms with Gasteiger partial charge in [-0.15, -0.1) is 11.3 Å². The SMILES string of the molecule is C[C@@H](NC(=O)c1ccc(O)c(Cl)c1)c1csc(C2CC2)n1. The molecule has 1 aromatic carbocycles. The van der Waals surface area contributed by atoms with E-state index in [0.717, 1.165) is 5.69 Å². The van der Waals surface area contributed by atoms with Gasteiger partial charge in [-0.1, -0.05) is 11.6 Å². The fraction of sp³-hybridized carbons (Fsp3) is 0.333. The van der Waals surface area contributed by atoms with Gasteiger partial charge in [0.25, 0.3) is 5.91 Å². The van der Waals surface area contributed by atoms with E-state index < -0.39 is 0 Å². The van der Waals surface area contributed by atoms with E-state index in [1.165, 1.54) is 30.0 Å². The van der Waals surface area contributed by atoms with E-state index in [4.69, 9.17) is 11.6 Å². The predicted molar refractivity (Wildman–Crippen MR) is 83.1 cm³/mol. The third-order valence-corrected chi connectivity index (χ3v) is 4.80. The first kappa shape index (κ1) is 14.4. The first-order valence-electron chi connectivity index (χ1n) is 6.79. The van der Waals surface area contributed by atoms with Crippen LogP contribution in [0.4, 0.5) is 0 Å². The van der Waals surface area contributed by atoms with Gasteiger partial charge in [-0.3, -0.25) is 4.79 Å². The zero-order valence-electron chi connectivity index (χ0n) is 11.5. The lowest BCUT2D eigenvalue weighted by Gasteiger charge is -2.12. The number of aromatic hydroxyl groups is 1. The molecular weight excluding hydrogens is 308 g/mol. The summed E-state index contributed by atoms with van der Waals surface area (Å²) in [5.41, 5.74) is 1.31. The van der Waals surface area contributed by atoms with Crippen molar-refractivity contribution in [2.45, 2.75) is 31.7 Å². The number of phenolic OH excluding ortho intramolecular Hbond substituents is 1. The molecule has 1 amide bonds. The van der Waals surface area contributed by atoms with Gasteiger partial charge in [0.15, 0.2) is 0 Å². The van der Waals surface area contributed by atoms with Gasteiger partial charge >= 0.3 is 0 Å². The summed E-state index contributed by atoms with van der Waals surface area (Å²) < 4.78 is 0. The standard InChI is InChI=1S/C15H15ClN2O2S/c1-8(12-7-21-15(18-12)9-2-3-9)17-14(20)10-4-5-13(19)11(16)6-10/h4-9,19H,2-3H2,1H3,(H,17,20)/t8-/m1/s1. The quantitative estimate of drug-likeness (QED) is 0.898. The number of nitrogens with one attached hydrogen (secondary N) is 1. The lowest BCUT2D eigenvalue weighted by Crippen LogP contribution is -2.26. The third kappa shape index (κ3) is 3.19. The van der Waals surface area contributed by atoms with Crippen LogP contribution in [0.5, 0.6) is 5.75 Å². The number of nitrogens with zero attached hydrogens (tertiary/aromatic N) is 1. The average Bonchev–Trinajstić information content (AvgIpc) is 3.19. The molecule has 3 rings (SSSR count). The van der Waals surface area contributed by atoms with Gasteiger partial charge in [0, 0.05) is 16.9 Å². The Kier molecular flexibility index (Phi) is 3.87. The summed E-state index contributed by atoms with van der Waals surface area (Å²) in [7, 11) is 0. The molecule has 0 unspecified atom stereocenters. The van der Waals surface area contributed by atoms with Crippen LogP contribution >= 0.6 is 22.9 Å². The fourth-order valence-corrected chi connectivity index (χ4v) is 3.28. The van der Waals surface area contributed by atoms with Gasteiger partial charge < -0.3 is 10.4 Å². The molecule has 0 aliphatic heterocycles. The molecule has 2 aromatic rings. The molecule has 0 spiro atoms. The molecule has 1 saturated carbocycles. The molecule has 0 radical (unpaired) electrons. The maximum absolute atomic E-state index is 12.2. The van der Waals surface area contributed by atoms with E-state index in [1.807, 2.05) is 12.3 Å². The van der Waals surface area contributed by atoms with Gasteiger partial charge in [-0.05, 0) is 38.0 Å². The van der Waals surface area contributed by atoms with Crippen LogP contribution in [0.3, 0.4) is 0 Å². The normalized spacial score (nSPS) is 15.7. The van der Waals surface area contributed by atoms with Crippen LogP contribution < -0.4 is 5.32 Å². The summed E-state index contributed by atoms with van der Waals surface area (Å²) in [6.45, 7) is 1.91. The van der Waals surface area contributed by atoms with Crippen molar-refractivity contribution in [1.82, 2.24) is 10.3 Å². The number of carbonyl (C=O) groups is 1. The summed E-state index contributed by atoms with van der Waals surface area (Å²) in [6, 6.07) is 4.25. The highest BCUT2D eigenvalue weighted by Gasteiger charge is 2.27. The van der Waals surface area contributed by atoms with E-state index in [0.29, 0.717) is 11.5 Å². The molecule has 1 fully saturated rings. The van der Waals surface area contributed by atoms with Crippen molar-refractivity contribution in [1.29, 1.82) is 0 Å². The molecule has 1 heterocycles. The van der Waals surface area contributed by atoms with Gasteiger partial charge in [0.2, 0.25) is 0 Å². The molecule has 2 N–H and O–H groups in total. The molecule has 6 heteroatoms. The Labute approximate surface area is 131 Å². The van der Waals surface area contributed by atoms with Gasteiger partial charge in [0.05, 0.1) is 21.8 Å². The highest BCUT2D eigenvalue weighted by molar-refractivity contribution is 7.09. The number of amides is 1. The first-order valence-corrected chi connectivity index (χ1v) is 8.05. The number of halogens is 1. The number of aromatic nitrogens is 1. The minimum atomic E-state index is -0.231. The largest absolute Gasteiger partial charge is 0.506 e. The monoisotopic (exact) mass is 322 g/mol. The molecule has 1 aromatic heterocycles. The van der Waals surface area contributed by atoms with Gasteiger partial charge in [-0.25, -0.2) is 4.98 Å². The Morgan fingerprint density at radius 2 is 2.29 bits per heavy atom. The van der Waals surface area contributed by atoms with Crippen molar-refractivity contribution in [3.8, 4) is 5.75 Å². The van der Waals surface area contributed by atoms with Crippen molar-refractivity contribution in [2.75, 3.05) is 0 Å². The summed E-state index contributed by atoms with van der Waals surface area (Å²) in [6.07, 6.45) is 2.44. The third-order valence-electron chi connectivity index (χ3n) is 3.47. The number of hydrogen-bond donors (Lipinski definition) is 2. The van der Waals surface area contributed by atoms with Crippen LogP contribution in [-0.4, -0.2) is 16.0 Å². The predicted octanol–water partition coefficient (Wildman–Crippen LogP) is 3.87. The average molecular weight is 323 g/mol. The molecule has 4 nitrogen and oxygen atoms in total. The number of carbonyl (C=O) groups excluding carboxylic acids is 1. The second-order valence-corrected chi connectivity index (χ2v) is 6.54. The molecule has 1 atom stereocenters. The van der Waals surface area contributed by atoms with Crippen LogP contribution in [0.25, 0.3) is 0 Å². The number of benzene rings is 1. The maximum atomic E-state index is 12.2. The van der Waals surface area contributed by atoms with Crippen molar-refractivity contribution in [2.24, 2.45) is 0 Å². The molecule has 110 valence electrons. The number of rotatable bonds is 4. The highest BCUT2D eigenvalue weighted by Crippen LogP contribution is 2.41. The van der Waals surface area contributed by atoms with Crippen molar-refractivity contribution in [3.05, 3.63) is 44.9 Å². The maximum Gasteiger partial charge on any atom is 0.251 e. The highest BCUT2D eigenvalue weighted by atomic mass is 35.5. The lowest BCUT2D eigenvalue weighted by molar-refractivity contribution is 0.0939. The second-order valence-electron chi connectivity index (χ2n) is 5.25.